The first-order valence-corrected chi connectivity index (χ1v) is 15.2. The molecule has 3 fully saturated rings. The van der Waals surface area contributed by atoms with Crippen LogP contribution in [0.3, 0.4) is 0 Å². The summed E-state index contributed by atoms with van der Waals surface area (Å²) in [5.74, 6) is 0.108. The van der Waals surface area contributed by atoms with Crippen LogP contribution in [0, 0.1) is 5.92 Å². The van der Waals surface area contributed by atoms with Gasteiger partial charge in [-0.3, -0.25) is 4.79 Å². The number of likely N-dealkylation sites (tertiary alicyclic amines) is 1. The van der Waals surface area contributed by atoms with Gasteiger partial charge in [0.05, 0.1) is 18.3 Å². The van der Waals surface area contributed by atoms with E-state index >= 15 is 0 Å². The van der Waals surface area contributed by atoms with Gasteiger partial charge in [-0.05, 0) is 56.2 Å². The molecule has 1 saturated heterocycles. The summed E-state index contributed by atoms with van der Waals surface area (Å²) in [5, 5.41) is 3.95. The van der Waals surface area contributed by atoms with Gasteiger partial charge in [0.25, 0.3) is 5.91 Å². The van der Waals surface area contributed by atoms with E-state index in [1.165, 1.54) is 37.8 Å². The minimum absolute atomic E-state index is 0.0311. The number of amides is 1. The Hall–Kier alpha value is -3.15. The Morgan fingerprint density at radius 2 is 1.79 bits per heavy atom. The Labute approximate surface area is 244 Å². The summed E-state index contributed by atoms with van der Waals surface area (Å²) in [4.78, 5) is 22.5. The van der Waals surface area contributed by atoms with Crippen molar-refractivity contribution >= 4 is 11.9 Å². The number of halogens is 3. The van der Waals surface area contributed by atoms with Crippen molar-refractivity contribution in [1.82, 2.24) is 15.0 Å². The van der Waals surface area contributed by atoms with Crippen molar-refractivity contribution in [3.8, 4) is 17.1 Å². The van der Waals surface area contributed by atoms with Gasteiger partial charge in [0.2, 0.25) is 11.7 Å². The van der Waals surface area contributed by atoms with Gasteiger partial charge in [0.15, 0.2) is 5.96 Å². The average molecular weight is 592 g/mol. The Morgan fingerprint density at radius 1 is 1.05 bits per heavy atom. The maximum atomic E-state index is 14.0. The van der Waals surface area contributed by atoms with Crippen molar-refractivity contribution in [2.75, 3.05) is 19.8 Å². The lowest BCUT2D eigenvalue weighted by Crippen LogP contribution is -2.38. The van der Waals surface area contributed by atoms with Crippen LogP contribution >= 0.6 is 0 Å². The predicted octanol–water partition coefficient (Wildman–Crippen LogP) is 6.43. The minimum Gasteiger partial charge on any atom is -0.493 e. The Morgan fingerprint density at radius 3 is 2.52 bits per heavy atom. The number of ether oxygens (including phenoxy) is 2. The topological polar surface area (TPSA) is 116 Å². The van der Waals surface area contributed by atoms with E-state index in [0.29, 0.717) is 18.9 Å². The molecular weight excluding hydrogens is 551 g/mol. The van der Waals surface area contributed by atoms with Crippen LogP contribution in [0.1, 0.15) is 101 Å². The molecule has 2 N–H and O–H groups in total. The number of guanidine groups is 1. The fraction of sp³-hybridized carbons (Fsp3) is 0.667. The monoisotopic (exact) mass is 591 g/mol. The molecule has 0 bridgehead atoms. The Balaban J connectivity index is 1.23. The van der Waals surface area contributed by atoms with Gasteiger partial charge in [-0.2, -0.15) is 23.1 Å². The number of benzene rings is 1. The molecule has 2 saturated carbocycles. The van der Waals surface area contributed by atoms with E-state index in [1.807, 2.05) is 0 Å². The molecule has 1 atom stereocenters. The van der Waals surface area contributed by atoms with E-state index < -0.39 is 23.7 Å². The van der Waals surface area contributed by atoms with Crippen LogP contribution in [-0.2, 0) is 15.7 Å². The SMILES string of the molecule is NC(=NC(=O)COC1CCCCC1)N1CCC[C@H]1c1nc(-c2ccc(OCCC3CCCCC3)c(C(F)(F)F)c2)no1. The average Bonchev–Trinajstić information content (AvgIpc) is 3.67. The highest BCUT2D eigenvalue weighted by atomic mass is 19.4. The lowest BCUT2D eigenvalue weighted by atomic mass is 9.87. The van der Waals surface area contributed by atoms with Gasteiger partial charge in [0.1, 0.15) is 18.4 Å². The summed E-state index contributed by atoms with van der Waals surface area (Å²) in [6.45, 7) is 0.644. The minimum atomic E-state index is -4.61. The van der Waals surface area contributed by atoms with E-state index in [4.69, 9.17) is 19.7 Å². The number of hydrogen-bond acceptors (Lipinski definition) is 6. The number of carbonyl (C=O) groups excluding carboxylic acids is 1. The van der Waals surface area contributed by atoms with Gasteiger partial charge in [-0.25, -0.2) is 0 Å². The number of hydrogen-bond donors (Lipinski definition) is 1. The van der Waals surface area contributed by atoms with Gasteiger partial charge in [-0.1, -0.05) is 56.5 Å². The summed E-state index contributed by atoms with van der Waals surface area (Å²) in [7, 11) is 0. The molecule has 1 amide bonds. The summed E-state index contributed by atoms with van der Waals surface area (Å²) in [5.41, 5.74) is 5.47. The number of rotatable bonds is 9. The Bertz CT molecular complexity index is 1220. The molecule has 0 unspecified atom stereocenters. The van der Waals surface area contributed by atoms with Crippen LogP contribution < -0.4 is 10.5 Å². The van der Waals surface area contributed by atoms with Gasteiger partial charge in [0, 0.05) is 12.1 Å². The highest BCUT2D eigenvalue weighted by Gasteiger charge is 2.36. The van der Waals surface area contributed by atoms with Crippen LogP contribution in [0.4, 0.5) is 13.2 Å². The summed E-state index contributed by atoms with van der Waals surface area (Å²) >= 11 is 0. The standard InChI is InChI=1S/C30H40F3N5O4/c31-30(32,33)23-18-21(13-14-25(23)40-17-15-20-8-3-1-4-9-20)27-36-28(42-37-27)24-12-7-16-38(24)29(34)35-26(39)19-41-22-10-5-2-6-11-22/h13-14,18,20,22,24H,1-12,15-17,19H2,(H2,34,35,39)/t24-/m0/s1. The maximum absolute atomic E-state index is 14.0. The lowest BCUT2D eigenvalue weighted by molar-refractivity contribution is -0.139. The molecule has 3 aliphatic rings. The molecule has 12 heteroatoms. The summed E-state index contributed by atoms with van der Waals surface area (Å²) in [6.07, 6.45) is 8.64. The maximum Gasteiger partial charge on any atom is 0.419 e. The summed E-state index contributed by atoms with van der Waals surface area (Å²) < 4.78 is 58.7. The fourth-order valence-electron chi connectivity index (χ4n) is 6.26. The first-order valence-electron chi connectivity index (χ1n) is 15.2. The molecule has 1 aromatic carbocycles. The molecule has 5 rings (SSSR count). The molecule has 0 radical (unpaired) electrons. The molecular formula is C30H40F3N5O4. The predicted molar refractivity (Wildman–Crippen MR) is 150 cm³/mol. The van der Waals surface area contributed by atoms with Crippen molar-refractivity contribution in [3.05, 3.63) is 29.7 Å². The zero-order valence-electron chi connectivity index (χ0n) is 23.9. The number of aliphatic imine (C=N–C) groups is 1. The second-order valence-electron chi connectivity index (χ2n) is 11.6. The lowest BCUT2D eigenvalue weighted by Gasteiger charge is -2.23. The fourth-order valence-corrected chi connectivity index (χ4v) is 6.26. The smallest absolute Gasteiger partial charge is 0.419 e. The first-order chi connectivity index (χ1) is 20.3. The molecule has 42 heavy (non-hydrogen) atoms. The molecule has 2 aliphatic carbocycles. The highest BCUT2D eigenvalue weighted by molar-refractivity contribution is 5.93. The van der Waals surface area contributed by atoms with Gasteiger partial charge in [-0.15, -0.1) is 0 Å². The third-order valence-electron chi connectivity index (χ3n) is 8.56. The van der Waals surface area contributed by atoms with Crippen LogP contribution in [0.5, 0.6) is 5.75 Å². The van der Waals surface area contributed by atoms with Crippen molar-refractivity contribution < 1.29 is 32.0 Å². The van der Waals surface area contributed by atoms with Crippen LogP contribution in [0.2, 0.25) is 0 Å². The largest absolute Gasteiger partial charge is 0.493 e. The number of nitrogens with two attached hydrogens (primary N) is 1. The van der Waals surface area contributed by atoms with Gasteiger partial charge < -0.3 is 24.6 Å². The second-order valence-corrected chi connectivity index (χ2v) is 11.6. The van der Waals surface area contributed by atoms with E-state index in [0.717, 1.165) is 57.4 Å². The molecule has 230 valence electrons. The molecule has 2 heterocycles. The van der Waals surface area contributed by atoms with Crippen LogP contribution in [0.25, 0.3) is 11.4 Å². The van der Waals surface area contributed by atoms with Crippen molar-refractivity contribution in [1.29, 1.82) is 0 Å². The van der Waals surface area contributed by atoms with Gasteiger partial charge >= 0.3 is 6.18 Å². The van der Waals surface area contributed by atoms with Crippen LogP contribution in [-0.4, -0.2) is 52.8 Å². The van der Waals surface area contributed by atoms with Crippen molar-refractivity contribution in [2.24, 2.45) is 16.6 Å². The van der Waals surface area contributed by atoms with E-state index in [1.54, 1.807) is 4.90 Å². The molecule has 1 aliphatic heterocycles. The Kier molecular flexibility index (Phi) is 10.0. The van der Waals surface area contributed by atoms with E-state index in [2.05, 4.69) is 15.1 Å². The quantitative estimate of drug-likeness (QED) is 0.262. The number of aromatic nitrogens is 2. The number of carbonyl (C=O) groups is 1. The van der Waals surface area contributed by atoms with E-state index in [-0.39, 0.29) is 48.3 Å². The normalized spacial score (nSPS) is 21.2. The third-order valence-corrected chi connectivity index (χ3v) is 8.56. The second kappa shape index (κ2) is 13.9. The number of alkyl halides is 3. The zero-order chi connectivity index (χ0) is 29.5. The van der Waals surface area contributed by atoms with Crippen LogP contribution in [0.15, 0.2) is 27.7 Å². The first kappa shape index (κ1) is 30.3. The molecule has 1 aromatic heterocycles. The van der Waals surface area contributed by atoms with Crippen molar-refractivity contribution in [3.63, 3.8) is 0 Å². The highest BCUT2D eigenvalue weighted by Crippen LogP contribution is 2.39. The van der Waals surface area contributed by atoms with E-state index in [9.17, 15) is 18.0 Å². The number of nitrogens with zero attached hydrogens (tertiary/aromatic N) is 4. The van der Waals surface area contributed by atoms with Crippen molar-refractivity contribution in [2.45, 2.75) is 102 Å². The molecule has 9 nitrogen and oxygen atoms in total. The summed E-state index contributed by atoms with van der Waals surface area (Å²) in [6, 6.07) is 3.39. The molecule has 0 spiro atoms. The zero-order valence-corrected chi connectivity index (χ0v) is 23.9. The molecule has 2 aromatic rings. The third kappa shape index (κ3) is 7.81.